The van der Waals surface area contributed by atoms with Crippen LogP contribution in [0.2, 0.25) is 0 Å². The molecule has 1 heterocycles. The Balaban J connectivity index is 2.68. The van der Waals surface area contributed by atoms with Crippen molar-refractivity contribution in [3.63, 3.8) is 0 Å². The lowest BCUT2D eigenvalue weighted by Gasteiger charge is -2.13. The second-order valence-electron chi connectivity index (χ2n) is 4.32. The number of hydrogen-bond acceptors (Lipinski definition) is 4. The maximum Gasteiger partial charge on any atom is 0.185 e. The van der Waals surface area contributed by atoms with Crippen molar-refractivity contribution in [3.05, 3.63) is 10.6 Å². The van der Waals surface area contributed by atoms with E-state index in [4.69, 9.17) is 4.98 Å². The van der Waals surface area contributed by atoms with Crippen molar-refractivity contribution in [3.8, 4) is 0 Å². The molecule has 3 nitrogen and oxygen atoms in total. The van der Waals surface area contributed by atoms with Crippen molar-refractivity contribution in [1.82, 2.24) is 10.3 Å². The smallest absolute Gasteiger partial charge is 0.185 e. The Morgan fingerprint density at radius 2 is 2.00 bits per heavy atom. The van der Waals surface area contributed by atoms with Gasteiger partial charge in [-0.25, -0.2) is 4.98 Å². The highest BCUT2D eigenvalue weighted by Gasteiger charge is 2.11. The zero-order chi connectivity index (χ0) is 12.7. The first-order valence-electron chi connectivity index (χ1n) is 6.63. The Morgan fingerprint density at radius 3 is 2.59 bits per heavy atom. The van der Waals surface area contributed by atoms with Gasteiger partial charge in [-0.2, -0.15) is 0 Å². The summed E-state index contributed by atoms with van der Waals surface area (Å²) in [5.74, 6) is 0. The third-order valence-corrected chi connectivity index (χ3v) is 3.91. The standard InChI is InChI=1S/C13H25N3S/c1-5-8-14-10-12-11(7-3)15-13(17-12)16(4)9-6-2/h14H,5-10H2,1-4H3. The molecule has 1 N–H and O–H groups in total. The second kappa shape index (κ2) is 7.67. The molecular formula is C13H25N3S. The van der Waals surface area contributed by atoms with Gasteiger partial charge < -0.3 is 10.2 Å². The number of anilines is 1. The van der Waals surface area contributed by atoms with Crippen molar-refractivity contribution in [2.75, 3.05) is 25.0 Å². The zero-order valence-corrected chi connectivity index (χ0v) is 12.4. The van der Waals surface area contributed by atoms with Crippen LogP contribution in [-0.2, 0) is 13.0 Å². The quantitative estimate of drug-likeness (QED) is 0.724. The molecule has 0 spiro atoms. The van der Waals surface area contributed by atoms with Gasteiger partial charge in [-0.05, 0) is 25.8 Å². The van der Waals surface area contributed by atoms with Crippen molar-refractivity contribution >= 4 is 16.5 Å². The number of hydrogen-bond donors (Lipinski definition) is 1. The van der Waals surface area contributed by atoms with E-state index >= 15 is 0 Å². The van der Waals surface area contributed by atoms with Crippen LogP contribution in [0, 0.1) is 0 Å². The molecule has 0 saturated heterocycles. The van der Waals surface area contributed by atoms with E-state index in [1.807, 2.05) is 11.3 Å². The lowest BCUT2D eigenvalue weighted by atomic mass is 10.3. The number of nitrogens with one attached hydrogen (secondary N) is 1. The van der Waals surface area contributed by atoms with Gasteiger partial charge >= 0.3 is 0 Å². The Morgan fingerprint density at radius 1 is 1.24 bits per heavy atom. The molecule has 4 heteroatoms. The summed E-state index contributed by atoms with van der Waals surface area (Å²) in [6.07, 6.45) is 3.38. The highest BCUT2D eigenvalue weighted by atomic mass is 32.1. The second-order valence-corrected chi connectivity index (χ2v) is 5.38. The fourth-order valence-electron chi connectivity index (χ4n) is 1.76. The van der Waals surface area contributed by atoms with Gasteiger partial charge in [0.25, 0.3) is 0 Å². The van der Waals surface area contributed by atoms with E-state index in [9.17, 15) is 0 Å². The molecule has 17 heavy (non-hydrogen) atoms. The lowest BCUT2D eigenvalue weighted by Crippen LogP contribution is -2.17. The van der Waals surface area contributed by atoms with E-state index in [-0.39, 0.29) is 0 Å². The molecule has 0 saturated carbocycles. The number of thiazole rings is 1. The minimum atomic E-state index is 0.967. The van der Waals surface area contributed by atoms with Crippen LogP contribution >= 0.6 is 11.3 Å². The Labute approximate surface area is 109 Å². The van der Waals surface area contributed by atoms with Gasteiger partial charge in [0.2, 0.25) is 0 Å². The molecular weight excluding hydrogens is 230 g/mol. The van der Waals surface area contributed by atoms with Crippen molar-refractivity contribution in [2.24, 2.45) is 0 Å². The van der Waals surface area contributed by atoms with Crippen LogP contribution in [0.5, 0.6) is 0 Å². The van der Waals surface area contributed by atoms with Gasteiger partial charge in [-0.3, -0.25) is 0 Å². The predicted octanol–water partition coefficient (Wildman–Crippen LogP) is 3.05. The molecule has 1 rings (SSSR count). The molecule has 98 valence electrons. The topological polar surface area (TPSA) is 28.2 Å². The minimum Gasteiger partial charge on any atom is -0.351 e. The van der Waals surface area contributed by atoms with Gasteiger partial charge in [0.1, 0.15) is 0 Å². The maximum atomic E-state index is 4.73. The predicted molar refractivity (Wildman–Crippen MR) is 77.1 cm³/mol. The molecule has 0 aliphatic rings. The third-order valence-electron chi connectivity index (χ3n) is 2.70. The summed E-state index contributed by atoms with van der Waals surface area (Å²) in [6, 6.07) is 0. The Kier molecular flexibility index (Phi) is 6.52. The first-order valence-corrected chi connectivity index (χ1v) is 7.44. The van der Waals surface area contributed by atoms with Gasteiger partial charge in [-0.15, -0.1) is 11.3 Å². The molecule has 0 bridgehead atoms. The van der Waals surface area contributed by atoms with Crippen molar-refractivity contribution in [2.45, 2.75) is 46.6 Å². The molecule has 0 aliphatic heterocycles. The average Bonchev–Trinajstić information content (AvgIpc) is 2.73. The largest absolute Gasteiger partial charge is 0.351 e. The van der Waals surface area contributed by atoms with E-state index in [1.165, 1.54) is 23.4 Å². The first-order chi connectivity index (χ1) is 8.22. The molecule has 0 aliphatic carbocycles. The summed E-state index contributed by atoms with van der Waals surface area (Å²) < 4.78 is 0. The summed E-state index contributed by atoms with van der Waals surface area (Å²) in [5, 5.41) is 4.63. The monoisotopic (exact) mass is 255 g/mol. The molecule has 0 amide bonds. The molecule has 0 fully saturated rings. The van der Waals surface area contributed by atoms with Crippen LogP contribution in [0.25, 0.3) is 0 Å². The van der Waals surface area contributed by atoms with Crippen LogP contribution < -0.4 is 10.2 Å². The fraction of sp³-hybridized carbons (Fsp3) is 0.769. The number of nitrogens with zero attached hydrogens (tertiary/aromatic N) is 2. The van der Waals surface area contributed by atoms with Gasteiger partial charge in [-0.1, -0.05) is 20.8 Å². The molecule has 0 atom stereocenters. The molecule has 1 aromatic rings. The highest BCUT2D eigenvalue weighted by Crippen LogP contribution is 2.26. The minimum absolute atomic E-state index is 0.967. The van der Waals surface area contributed by atoms with Crippen molar-refractivity contribution < 1.29 is 0 Å². The molecule has 0 unspecified atom stereocenters. The van der Waals surface area contributed by atoms with Crippen LogP contribution in [0.15, 0.2) is 0 Å². The summed E-state index contributed by atoms with van der Waals surface area (Å²) in [5.41, 5.74) is 1.26. The van der Waals surface area contributed by atoms with Gasteiger partial charge in [0.05, 0.1) is 5.69 Å². The summed E-state index contributed by atoms with van der Waals surface area (Å²) in [7, 11) is 2.13. The van der Waals surface area contributed by atoms with Crippen LogP contribution in [0.4, 0.5) is 5.13 Å². The summed E-state index contributed by atoms with van der Waals surface area (Å²) in [6.45, 7) is 9.71. The van der Waals surface area contributed by atoms with E-state index in [2.05, 4.69) is 38.0 Å². The van der Waals surface area contributed by atoms with Crippen LogP contribution in [0.3, 0.4) is 0 Å². The zero-order valence-electron chi connectivity index (χ0n) is 11.5. The molecule has 0 aromatic carbocycles. The number of aromatic nitrogens is 1. The van der Waals surface area contributed by atoms with Crippen molar-refractivity contribution in [1.29, 1.82) is 0 Å². The van der Waals surface area contributed by atoms with Gasteiger partial charge in [0.15, 0.2) is 5.13 Å². The normalized spacial score (nSPS) is 10.8. The molecule has 1 aromatic heterocycles. The Hall–Kier alpha value is -0.610. The third kappa shape index (κ3) is 4.28. The van der Waals surface area contributed by atoms with E-state index in [0.29, 0.717) is 0 Å². The Bertz CT molecular complexity index is 322. The van der Waals surface area contributed by atoms with Gasteiger partial charge in [0, 0.05) is 25.0 Å². The first kappa shape index (κ1) is 14.5. The summed E-state index contributed by atoms with van der Waals surface area (Å²) in [4.78, 5) is 8.39. The summed E-state index contributed by atoms with van der Waals surface area (Å²) >= 11 is 1.83. The maximum absolute atomic E-state index is 4.73. The lowest BCUT2D eigenvalue weighted by molar-refractivity contribution is 0.676. The molecule has 0 radical (unpaired) electrons. The van der Waals surface area contributed by atoms with E-state index < -0.39 is 0 Å². The number of rotatable bonds is 8. The highest BCUT2D eigenvalue weighted by molar-refractivity contribution is 7.15. The average molecular weight is 255 g/mol. The SMILES string of the molecule is CCCNCc1sc(N(C)CCC)nc1CC. The van der Waals surface area contributed by atoms with E-state index in [0.717, 1.165) is 31.2 Å². The van der Waals surface area contributed by atoms with E-state index in [1.54, 1.807) is 0 Å². The van der Waals surface area contributed by atoms with Crippen LogP contribution in [-0.4, -0.2) is 25.1 Å². The number of aryl methyl sites for hydroxylation is 1. The fourth-order valence-corrected chi connectivity index (χ4v) is 2.86. The van der Waals surface area contributed by atoms with Crippen LogP contribution in [0.1, 0.15) is 44.2 Å².